The van der Waals surface area contributed by atoms with Crippen molar-refractivity contribution in [3.63, 3.8) is 0 Å². The number of amides is 1. The van der Waals surface area contributed by atoms with Crippen LogP contribution < -0.4 is 5.32 Å². The van der Waals surface area contributed by atoms with Crippen molar-refractivity contribution in [2.24, 2.45) is 5.92 Å². The standard InChI is InChI=1S/C23H36ClN5O4Si/c1-13-14(11-32-34(8,9)23(5,6)7)16(30)10-15(13)29-12-25-17-18(24)26-20(27-19(17)29)28-21(31)33-22(2,3)4/h12,14-16,30H,1,10-11H2,2-9H3,(H,26,27,28,31)/t14-,15-,16-/m0/s1. The summed E-state index contributed by atoms with van der Waals surface area (Å²) in [5, 5.41) is 13.5. The number of ether oxygens (including phenoxy) is 1. The van der Waals surface area contributed by atoms with Gasteiger partial charge in [0, 0.05) is 12.5 Å². The largest absolute Gasteiger partial charge is 0.444 e. The number of carbonyl (C=O) groups is 1. The van der Waals surface area contributed by atoms with Crippen molar-refractivity contribution in [3.05, 3.63) is 23.6 Å². The van der Waals surface area contributed by atoms with Gasteiger partial charge in [0.1, 0.15) is 11.1 Å². The minimum absolute atomic E-state index is 0.00969. The van der Waals surface area contributed by atoms with Crippen molar-refractivity contribution in [2.45, 2.75) is 83.8 Å². The number of hydrogen-bond donors (Lipinski definition) is 2. The minimum Gasteiger partial charge on any atom is -0.444 e. The molecular weight excluding hydrogens is 474 g/mol. The number of fused-ring (bicyclic) bond motifs is 1. The number of aliphatic hydroxyl groups is 1. The number of hydrogen-bond acceptors (Lipinski definition) is 7. The van der Waals surface area contributed by atoms with Crippen LogP contribution in [0.4, 0.5) is 10.7 Å². The summed E-state index contributed by atoms with van der Waals surface area (Å²) in [6, 6.07) is -0.242. The van der Waals surface area contributed by atoms with Gasteiger partial charge in [-0.05, 0) is 50.9 Å². The Labute approximate surface area is 207 Å². The first-order valence-corrected chi connectivity index (χ1v) is 14.7. The summed E-state index contributed by atoms with van der Waals surface area (Å²) in [6.45, 7) is 20.9. The van der Waals surface area contributed by atoms with Crippen molar-refractivity contribution in [1.82, 2.24) is 19.5 Å². The van der Waals surface area contributed by atoms with Gasteiger partial charge in [-0.3, -0.25) is 5.32 Å². The highest BCUT2D eigenvalue weighted by Gasteiger charge is 2.42. The first-order valence-electron chi connectivity index (χ1n) is 11.4. The van der Waals surface area contributed by atoms with Gasteiger partial charge in [0.25, 0.3) is 0 Å². The van der Waals surface area contributed by atoms with E-state index >= 15 is 0 Å². The van der Waals surface area contributed by atoms with Gasteiger partial charge in [0.2, 0.25) is 5.95 Å². The maximum absolute atomic E-state index is 12.2. The Morgan fingerprint density at radius 1 is 1.29 bits per heavy atom. The summed E-state index contributed by atoms with van der Waals surface area (Å²) in [7, 11) is -1.97. The van der Waals surface area contributed by atoms with E-state index in [-0.39, 0.29) is 28.1 Å². The Bertz CT molecular complexity index is 1090. The number of aliphatic hydroxyl groups excluding tert-OH is 1. The lowest BCUT2D eigenvalue weighted by Crippen LogP contribution is -2.42. The van der Waals surface area contributed by atoms with Crippen molar-refractivity contribution in [2.75, 3.05) is 11.9 Å². The van der Waals surface area contributed by atoms with Crippen molar-refractivity contribution >= 4 is 43.1 Å². The number of rotatable bonds is 5. The first kappa shape index (κ1) is 26.6. The van der Waals surface area contributed by atoms with Crippen LogP contribution in [-0.2, 0) is 9.16 Å². The molecule has 1 aliphatic rings. The molecule has 2 aromatic heterocycles. The van der Waals surface area contributed by atoms with Crippen LogP contribution in [0.5, 0.6) is 0 Å². The van der Waals surface area contributed by atoms with E-state index in [0.29, 0.717) is 24.2 Å². The number of nitrogens with one attached hydrogen (secondary N) is 1. The molecular formula is C23H36ClN5O4Si. The van der Waals surface area contributed by atoms with E-state index in [0.717, 1.165) is 5.57 Å². The van der Waals surface area contributed by atoms with Crippen LogP contribution >= 0.6 is 11.6 Å². The third-order valence-corrected chi connectivity index (χ3v) is 11.4. The maximum Gasteiger partial charge on any atom is 0.414 e. The molecule has 3 rings (SSSR count). The molecule has 0 spiro atoms. The summed E-state index contributed by atoms with van der Waals surface area (Å²) >= 11 is 6.33. The summed E-state index contributed by atoms with van der Waals surface area (Å²) in [4.78, 5) is 25.1. The molecule has 2 N–H and O–H groups in total. The highest BCUT2D eigenvalue weighted by Crippen LogP contribution is 2.43. The SMILES string of the molecule is C=C1[C@H](CO[Si](C)(C)C(C)(C)C)[C@@H](O)C[C@@H]1n1cnc2c(Cl)nc(NC(=O)OC(C)(C)C)nc21. The van der Waals surface area contributed by atoms with Gasteiger partial charge < -0.3 is 18.8 Å². The van der Waals surface area contributed by atoms with Crippen LogP contribution in [-0.4, -0.2) is 57.3 Å². The van der Waals surface area contributed by atoms with Gasteiger partial charge in [0.05, 0.1) is 18.5 Å². The van der Waals surface area contributed by atoms with E-state index in [1.54, 1.807) is 27.1 Å². The van der Waals surface area contributed by atoms with Gasteiger partial charge in [-0.25, -0.2) is 9.78 Å². The van der Waals surface area contributed by atoms with E-state index in [9.17, 15) is 9.90 Å². The van der Waals surface area contributed by atoms with Crippen LogP contribution in [0.2, 0.25) is 23.3 Å². The quantitative estimate of drug-likeness (QED) is 0.318. The molecule has 0 unspecified atom stereocenters. The number of halogens is 1. The molecule has 1 fully saturated rings. The number of nitrogens with zero attached hydrogens (tertiary/aromatic N) is 4. The average Bonchev–Trinajstić information content (AvgIpc) is 3.18. The predicted octanol–water partition coefficient (Wildman–Crippen LogP) is 5.33. The molecule has 1 amide bonds. The molecule has 2 heterocycles. The van der Waals surface area contributed by atoms with E-state index in [1.165, 1.54) is 0 Å². The molecule has 0 aliphatic heterocycles. The molecule has 0 radical (unpaired) electrons. The van der Waals surface area contributed by atoms with E-state index in [1.807, 2.05) is 4.57 Å². The Morgan fingerprint density at radius 3 is 2.53 bits per heavy atom. The lowest BCUT2D eigenvalue weighted by molar-refractivity contribution is 0.0634. The predicted molar refractivity (Wildman–Crippen MR) is 136 cm³/mol. The van der Waals surface area contributed by atoms with Gasteiger partial charge in [-0.1, -0.05) is 39.0 Å². The van der Waals surface area contributed by atoms with Crippen LogP contribution in [0.25, 0.3) is 11.2 Å². The molecule has 188 valence electrons. The average molecular weight is 510 g/mol. The van der Waals surface area contributed by atoms with Crippen LogP contribution in [0.1, 0.15) is 54.0 Å². The van der Waals surface area contributed by atoms with E-state index < -0.39 is 26.1 Å². The minimum atomic E-state index is -1.97. The summed E-state index contributed by atoms with van der Waals surface area (Å²) in [6.07, 6.45) is 0.780. The number of imidazole rings is 1. The highest BCUT2D eigenvalue weighted by atomic mass is 35.5. The first-order chi connectivity index (χ1) is 15.5. The Kier molecular flexibility index (Phi) is 7.21. The molecule has 0 saturated heterocycles. The number of anilines is 1. The zero-order chi connectivity index (χ0) is 25.6. The monoisotopic (exact) mass is 509 g/mol. The fraction of sp³-hybridized carbons (Fsp3) is 0.652. The Balaban J connectivity index is 1.84. The van der Waals surface area contributed by atoms with E-state index in [2.05, 4.69) is 60.7 Å². The molecule has 11 heteroatoms. The molecule has 0 aromatic carbocycles. The van der Waals surface area contributed by atoms with Crippen LogP contribution in [0.15, 0.2) is 18.5 Å². The second-order valence-corrected chi connectivity index (χ2v) is 16.5. The zero-order valence-electron chi connectivity index (χ0n) is 21.3. The second kappa shape index (κ2) is 9.22. The van der Waals surface area contributed by atoms with Crippen LogP contribution in [0, 0.1) is 5.92 Å². The lowest BCUT2D eigenvalue weighted by Gasteiger charge is -2.37. The number of aromatic nitrogens is 4. The molecule has 1 aliphatic carbocycles. The van der Waals surface area contributed by atoms with Gasteiger partial charge in [0.15, 0.2) is 19.1 Å². The smallest absolute Gasteiger partial charge is 0.414 e. The molecule has 9 nitrogen and oxygen atoms in total. The third-order valence-electron chi connectivity index (χ3n) is 6.59. The molecule has 34 heavy (non-hydrogen) atoms. The summed E-state index contributed by atoms with van der Waals surface area (Å²) in [5.41, 5.74) is 1.02. The second-order valence-electron chi connectivity index (χ2n) is 11.4. The fourth-order valence-electron chi connectivity index (χ4n) is 3.62. The molecule has 2 aromatic rings. The van der Waals surface area contributed by atoms with Crippen LogP contribution in [0.3, 0.4) is 0 Å². The lowest BCUT2D eigenvalue weighted by atomic mass is 10.0. The zero-order valence-corrected chi connectivity index (χ0v) is 23.0. The van der Waals surface area contributed by atoms with Crippen molar-refractivity contribution in [1.29, 1.82) is 0 Å². The highest BCUT2D eigenvalue weighted by molar-refractivity contribution is 6.74. The molecule has 3 atom stereocenters. The van der Waals surface area contributed by atoms with Gasteiger partial charge >= 0.3 is 6.09 Å². The van der Waals surface area contributed by atoms with Crippen molar-refractivity contribution < 1.29 is 19.1 Å². The Hall–Kier alpha value is -2.01. The summed E-state index contributed by atoms with van der Waals surface area (Å²) < 4.78 is 13.5. The third kappa shape index (κ3) is 5.62. The van der Waals surface area contributed by atoms with E-state index in [4.69, 9.17) is 20.8 Å². The van der Waals surface area contributed by atoms with Crippen molar-refractivity contribution in [3.8, 4) is 0 Å². The molecule has 1 saturated carbocycles. The fourth-order valence-corrected chi connectivity index (χ4v) is 4.87. The van der Waals surface area contributed by atoms with Gasteiger partial charge in [-0.15, -0.1) is 0 Å². The topological polar surface area (TPSA) is 111 Å². The van der Waals surface area contributed by atoms with Gasteiger partial charge in [-0.2, -0.15) is 9.97 Å². The maximum atomic E-state index is 12.2. The summed E-state index contributed by atoms with van der Waals surface area (Å²) in [5.74, 6) is -0.191. The Morgan fingerprint density at radius 2 is 1.94 bits per heavy atom. The molecule has 0 bridgehead atoms. The number of carbonyl (C=O) groups excluding carboxylic acids is 1. The normalized spacial score (nSPS) is 21.8.